The van der Waals surface area contributed by atoms with E-state index in [1.165, 1.54) is 0 Å². The van der Waals surface area contributed by atoms with Gasteiger partial charge in [0.25, 0.3) is 0 Å². The molecule has 2 unspecified atom stereocenters. The molecule has 1 N–H and O–H groups in total. The van der Waals surface area contributed by atoms with Gasteiger partial charge in [-0.15, -0.1) is 0 Å². The van der Waals surface area contributed by atoms with Gasteiger partial charge in [-0.2, -0.15) is 0 Å². The summed E-state index contributed by atoms with van der Waals surface area (Å²) < 4.78 is 1.03. The Balaban J connectivity index is 2.33. The van der Waals surface area contributed by atoms with E-state index in [-0.39, 0.29) is 18.6 Å². The second kappa shape index (κ2) is 5.61. The first-order valence-corrected chi connectivity index (χ1v) is 7.15. The number of piperazine rings is 1. The molecule has 1 saturated heterocycles. The smallest absolute Gasteiger partial charge is 0.246 e. The number of carbonyl (C=O) groups excluding carboxylic acids is 1. The summed E-state index contributed by atoms with van der Waals surface area (Å²) >= 11 is 3.46. The standard InChI is InChI=1S/C14H19BrN2O2/c1-9-6-11(4-5-12(9)15)17-7-10(2)16(3)13(8-18)14(17)19/h4-6,10,13,18H,7-8H2,1-3H3. The maximum absolute atomic E-state index is 12.4. The highest BCUT2D eigenvalue weighted by Crippen LogP contribution is 2.26. The molecular weight excluding hydrogens is 308 g/mol. The molecule has 0 radical (unpaired) electrons. The van der Waals surface area contributed by atoms with E-state index in [4.69, 9.17) is 0 Å². The number of aryl methyl sites for hydroxylation is 1. The number of aliphatic hydroxyl groups excluding tert-OH is 1. The molecule has 1 aromatic rings. The van der Waals surface area contributed by atoms with Crippen LogP contribution >= 0.6 is 15.9 Å². The molecule has 1 aliphatic rings. The number of aliphatic hydroxyl groups is 1. The molecule has 1 heterocycles. The van der Waals surface area contributed by atoms with Gasteiger partial charge in [-0.25, -0.2) is 0 Å². The molecule has 0 bridgehead atoms. The molecule has 1 fully saturated rings. The van der Waals surface area contributed by atoms with Crippen LogP contribution < -0.4 is 4.90 Å². The van der Waals surface area contributed by atoms with Crippen LogP contribution in [0.4, 0.5) is 5.69 Å². The summed E-state index contributed by atoms with van der Waals surface area (Å²) in [6.45, 7) is 4.56. The zero-order valence-corrected chi connectivity index (χ0v) is 13.0. The zero-order valence-electron chi connectivity index (χ0n) is 11.4. The van der Waals surface area contributed by atoms with Gasteiger partial charge in [-0.1, -0.05) is 15.9 Å². The van der Waals surface area contributed by atoms with Crippen molar-refractivity contribution in [3.05, 3.63) is 28.2 Å². The zero-order chi connectivity index (χ0) is 14.2. The topological polar surface area (TPSA) is 43.8 Å². The number of benzene rings is 1. The summed E-state index contributed by atoms with van der Waals surface area (Å²) in [6.07, 6.45) is 0. The second-order valence-electron chi connectivity index (χ2n) is 5.10. The minimum atomic E-state index is -0.451. The fourth-order valence-electron chi connectivity index (χ4n) is 2.38. The lowest BCUT2D eigenvalue weighted by Crippen LogP contribution is -2.61. The van der Waals surface area contributed by atoms with Gasteiger partial charge in [-0.3, -0.25) is 9.69 Å². The van der Waals surface area contributed by atoms with Crippen molar-refractivity contribution in [1.29, 1.82) is 0 Å². The number of nitrogens with zero attached hydrogens (tertiary/aromatic N) is 2. The third kappa shape index (κ3) is 2.68. The normalized spacial score (nSPS) is 24.9. The summed E-state index contributed by atoms with van der Waals surface area (Å²) in [5, 5.41) is 9.42. The van der Waals surface area contributed by atoms with Crippen LogP contribution in [0, 0.1) is 6.92 Å². The summed E-state index contributed by atoms with van der Waals surface area (Å²) in [6, 6.07) is 5.65. The molecular formula is C14H19BrN2O2. The van der Waals surface area contributed by atoms with Gasteiger partial charge in [0.2, 0.25) is 5.91 Å². The predicted molar refractivity (Wildman–Crippen MR) is 79.3 cm³/mol. The van der Waals surface area contributed by atoms with Crippen LogP contribution in [-0.4, -0.2) is 48.2 Å². The van der Waals surface area contributed by atoms with Gasteiger partial charge >= 0.3 is 0 Å². The summed E-state index contributed by atoms with van der Waals surface area (Å²) in [7, 11) is 1.88. The minimum absolute atomic E-state index is 0.0372. The number of likely N-dealkylation sites (N-methyl/N-ethyl adjacent to an activating group) is 1. The van der Waals surface area contributed by atoms with Crippen molar-refractivity contribution >= 4 is 27.5 Å². The highest BCUT2D eigenvalue weighted by molar-refractivity contribution is 9.10. The molecule has 5 heteroatoms. The van der Waals surface area contributed by atoms with Gasteiger partial charge in [0.05, 0.1) is 6.61 Å². The summed E-state index contributed by atoms with van der Waals surface area (Å²) in [4.78, 5) is 16.1. The van der Waals surface area contributed by atoms with Crippen LogP contribution in [0.25, 0.3) is 0 Å². The Morgan fingerprint density at radius 3 is 2.74 bits per heavy atom. The van der Waals surface area contributed by atoms with Gasteiger partial charge in [0.1, 0.15) is 6.04 Å². The Morgan fingerprint density at radius 2 is 2.16 bits per heavy atom. The van der Waals surface area contributed by atoms with E-state index in [0.29, 0.717) is 6.54 Å². The van der Waals surface area contributed by atoms with Gasteiger partial charge in [-0.05, 0) is 44.7 Å². The maximum atomic E-state index is 12.4. The maximum Gasteiger partial charge on any atom is 0.246 e. The first kappa shape index (κ1) is 14.5. The molecule has 0 aliphatic carbocycles. The van der Waals surface area contributed by atoms with Crippen LogP contribution in [0.5, 0.6) is 0 Å². The van der Waals surface area contributed by atoms with E-state index in [9.17, 15) is 9.90 Å². The van der Waals surface area contributed by atoms with Crippen LogP contribution in [0.2, 0.25) is 0 Å². The van der Waals surface area contributed by atoms with E-state index in [1.807, 2.05) is 37.1 Å². The van der Waals surface area contributed by atoms with Crippen LogP contribution in [0.15, 0.2) is 22.7 Å². The Labute approximate surface area is 122 Å². The molecule has 4 nitrogen and oxygen atoms in total. The third-order valence-corrected chi connectivity index (χ3v) is 4.70. The van der Waals surface area contributed by atoms with Gasteiger partial charge < -0.3 is 10.0 Å². The van der Waals surface area contributed by atoms with Crippen molar-refractivity contribution in [2.24, 2.45) is 0 Å². The van der Waals surface area contributed by atoms with Gasteiger partial charge in [0.15, 0.2) is 0 Å². The Morgan fingerprint density at radius 1 is 1.47 bits per heavy atom. The molecule has 2 atom stereocenters. The highest BCUT2D eigenvalue weighted by Gasteiger charge is 2.36. The quantitative estimate of drug-likeness (QED) is 0.901. The number of anilines is 1. The first-order chi connectivity index (χ1) is 8.95. The molecule has 104 valence electrons. The van der Waals surface area contributed by atoms with E-state index in [0.717, 1.165) is 15.7 Å². The Kier molecular flexibility index (Phi) is 4.28. The van der Waals surface area contributed by atoms with Gasteiger partial charge in [0, 0.05) is 22.7 Å². The number of amides is 1. The van der Waals surface area contributed by atoms with E-state index >= 15 is 0 Å². The predicted octanol–water partition coefficient (Wildman–Crippen LogP) is 1.79. The van der Waals surface area contributed by atoms with Crippen molar-refractivity contribution in [3.8, 4) is 0 Å². The highest BCUT2D eigenvalue weighted by atomic mass is 79.9. The lowest BCUT2D eigenvalue weighted by Gasteiger charge is -2.42. The molecule has 0 aromatic heterocycles. The van der Waals surface area contributed by atoms with Crippen molar-refractivity contribution in [2.45, 2.75) is 25.9 Å². The average Bonchev–Trinajstić information content (AvgIpc) is 2.38. The third-order valence-electron chi connectivity index (χ3n) is 3.81. The Bertz CT molecular complexity index is 492. The SMILES string of the molecule is Cc1cc(N2CC(C)N(C)C(CO)C2=O)ccc1Br. The summed E-state index contributed by atoms with van der Waals surface area (Å²) in [5.41, 5.74) is 1.99. The van der Waals surface area contributed by atoms with Crippen molar-refractivity contribution in [3.63, 3.8) is 0 Å². The van der Waals surface area contributed by atoms with Crippen LogP contribution in [0.1, 0.15) is 12.5 Å². The number of halogens is 1. The lowest BCUT2D eigenvalue weighted by atomic mass is 10.1. The van der Waals surface area contributed by atoms with Crippen LogP contribution in [-0.2, 0) is 4.79 Å². The fraction of sp³-hybridized carbons (Fsp3) is 0.500. The first-order valence-electron chi connectivity index (χ1n) is 6.36. The molecule has 0 spiro atoms. The van der Waals surface area contributed by atoms with Crippen molar-refractivity contribution < 1.29 is 9.90 Å². The monoisotopic (exact) mass is 326 g/mol. The van der Waals surface area contributed by atoms with Crippen LogP contribution in [0.3, 0.4) is 0 Å². The van der Waals surface area contributed by atoms with Crippen molar-refractivity contribution in [1.82, 2.24) is 4.90 Å². The largest absolute Gasteiger partial charge is 0.394 e. The minimum Gasteiger partial charge on any atom is -0.394 e. The molecule has 19 heavy (non-hydrogen) atoms. The molecule has 2 rings (SSSR count). The molecule has 1 aliphatic heterocycles. The Hall–Kier alpha value is -0.910. The fourth-order valence-corrected chi connectivity index (χ4v) is 2.63. The van der Waals surface area contributed by atoms with Crippen molar-refractivity contribution in [2.75, 3.05) is 25.1 Å². The molecule has 0 saturated carbocycles. The van der Waals surface area contributed by atoms with E-state index in [2.05, 4.69) is 22.9 Å². The molecule has 1 amide bonds. The van der Waals surface area contributed by atoms with E-state index in [1.54, 1.807) is 4.90 Å². The van der Waals surface area contributed by atoms with E-state index < -0.39 is 6.04 Å². The summed E-state index contributed by atoms with van der Waals surface area (Å²) in [5.74, 6) is -0.0372. The second-order valence-corrected chi connectivity index (χ2v) is 5.95. The number of carbonyl (C=O) groups is 1. The number of hydrogen-bond acceptors (Lipinski definition) is 3. The number of hydrogen-bond donors (Lipinski definition) is 1. The average molecular weight is 327 g/mol. The lowest BCUT2D eigenvalue weighted by molar-refractivity contribution is -0.128. The molecule has 1 aromatic carbocycles. The number of rotatable bonds is 2.